The van der Waals surface area contributed by atoms with Crippen LogP contribution in [-0.2, 0) is 12.8 Å². The molecule has 0 atom stereocenters. The number of ether oxygens (including phenoxy) is 1. The minimum absolute atomic E-state index is 0.756. The molecule has 162 valence electrons. The Kier molecular flexibility index (Phi) is 6.05. The van der Waals surface area contributed by atoms with Gasteiger partial charge in [0.2, 0.25) is 0 Å². The van der Waals surface area contributed by atoms with E-state index in [1.165, 1.54) is 27.6 Å². The quantitative estimate of drug-likeness (QED) is 0.663. The number of nitrogens with zero attached hydrogens (tertiary/aromatic N) is 3. The van der Waals surface area contributed by atoms with E-state index in [2.05, 4.69) is 69.5 Å². The topological polar surface area (TPSA) is 40.6 Å². The van der Waals surface area contributed by atoms with Crippen molar-refractivity contribution in [2.75, 3.05) is 57.7 Å². The van der Waals surface area contributed by atoms with Gasteiger partial charge in [-0.15, -0.1) is 0 Å². The molecule has 31 heavy (non-hydrogen) atoms. The summed E-state index contributed by atoms with van der Waals surface area (Å²) in [5.74, 6) is 1.01. The molecule has 5 nitrogen and oxygen atoms in total. The number of piperazine rings is 1. The Balaban J connectivity index is 1.10. The van der Waals surface area contributed by atoms with Gasteiger partial charge in [0.25, 0.3) is 0 Å². The molecule has 0 saturated carbocycles. The van der Waals surface area contributed by atoms with Crippen LogP contribution in [0, 0.1) is 6.92 Å². The van der Waals surface area contributed by atoms with Gasteiger partial charge >= 0.3 is 0 Å². The van der Waals surface area contributed by atoms with Crippen LogP contribution in [0.25, 0.3) is 10.8 Å². The van der Waals surface area contributed by atoms with Crippen LogP contribution in [0.4, 0.5) is 5.69 Å². The highest BCUT2D eigenvalue weighted by molar-refractivity contribution is 5.85. The van der Waals surface area contributed by atoms with Gasteiger partial charge in [-0.1, -0.05) is 23.8 Å². The lowest BCUT2D eigenvalue weighted by molar-refractivity contribution is 0.134. The van der Waals surface area contributed by atoms with Crippen molar-refractivity contribution < 1.29 is 4.74 Å². The predicted octanol–water partition coefficient (Wildman–Crippen LogP) is 3.75. The molecule has 0 bridgehead atoms. The fourth-order valence-corrected chi connectivity index (χ4v) is 4.66. The molecule has 5 rings (SSSR count). The molecule has 1 N–H and O–H groups in total. The zero-order chi connectivity index (χ0) is 21.0. The van der Waals surface area contributed by atoms with Gasteiger partial charge in [-0.25, -0.2) is 0 Å². The third-order valence-corrected chi connectivity index (χ3v) is 6.57. The predicted molar refractivity (Wildman–Crippen MR) is 127 cm³/mol. The fraction of sp³-hybridized carbons (Fsp3) is 0.423. The van der Waals surface area contributed by atoms with E-state index < -0.39 is 0 Å². The number of benzene rings is 2. The molecule has 0 aliphatic carbocycles. The summed E-state index contributed by atoms with van der Waals surface area (Å²) in [6, 6.07) is 15.4. The van der Waals surface area contributed by atoms with E-state index in [9.17, 15) is 0 Å². The lowest BCUT2D eigenvalue weighted by Gasteiger charge is -2.34. The van der Waals surface area contributed by atoms with Crippen molar-refractivity contribution in [2.24, 2.45) is 0 Å². The minimum atomic E-state index is 0.756. The zero-order valence-electron chi connectivity index (χ0n) is 18.4. The number of rotatable bonds is 6. The Labute approximate surface area is 185 Å². The van der Waals surface area contributed by atoms with Crippen LogP contribution in [0.1, 0.15) is 16.8 Å². The minimum Gasteiger partial charge on any atom is -0.490 e. The first-order chi connectivity index (χ1) is 15.2. The summed E-state index contributed by atoms with van der Waals surface area (Å²) in [5, 5.41) is 6.00. The Hall–Kier alpha value is -2.63. The van der Waals surface area contributed by atoms with Crippen LogP contribution >= 0.6 is 0 Å². The van der Waals surface area contributed by atoms with E-state index in [1.807, 2.05) is 6.20 Å². The molecular weight excluding hydrogens is 384 g/mol. The third kappa shape index (κ3) is 4.83. The Morgan fingerprint density at radius 3 is 2.58 bits per heavy atom. The van der Waals surface area contributed by atoms with Crippen LogP contribution in [0.2, 0.25) is 0 Å². The van der Waals surface area contributed by atoms with Gasteiger partial charge in [0.1, 0.15) is 12.4 Å². The molecule has 5 heteroatoms. The van der Waals surface area contributed by atoms with Crippen LogP contribution in [0.5, 0.6) is 5.75 Å². The lowest BCUT2D eigenvalue weighted by Crippen LogP contribution is -2.47. The maximum Gasteiger partial charge on any atom is 0.142 e. The van der Waals surface area contributed by atoms with E-state index in [4.69, 9.17) is 4.74 Å². The van der Waals surface area contributed by atoms with Gasteiger partial charge in [-0.2, -0.15) is 0 Å². The summed E-state index contributed by atoms with van der Waals surface area (Å²) in [6.45, 7) is 10.6. The molecule has 0 amide bonds. The second-order valence-electron chi connectivity index (χ2n) is 8.77. The van der Waals surface area contributed by atoms with Crippen molar-refractivity contribution in [3.63, 3.8) is 0 Å². The third-order valence-electron chi connectivity index (χ3n) is 6.57. The van der Waals surface area contributed by atoms with Crippen LogP contribution in [0.3, 0.4) is 0 Å². The van der Waals surface area contributed by atoms with Crippen molar-refractivity contribution in [1.29, 1.82) is 0 Å². The highest BCUT2D eigenvalue weighted by atomic mass is 16.5. The first-order valence-electron chi connectivity index (χ1n) is 11.5. The molecule has 0 unspecified atom stereocenters. The normalized spacial score (nSPS) is 17.2. The smallest absolute Gasteiger partial charge is 0.142 e. The standard InChI is InChI=1S/C26H32N4O/c1-20-2-4-22-6-9-27-24(23(22)18-20)8-12-30-15-13-29(14-16-30)11-7-21-3-5-25-26(19-21)31-17-10-28-25/h2-6,9,18-19,28H,7-8,10-17H2,1H3. The average Bonchev–Trinajstić information content (AvgIpc) is 2.82. The fourth-order valence-electron chi connectivity index (χ4n) is 4.66. The monoisotopic (exact) mass is 416 g/mol. The molecule has 2 aliphatic heterocycles. The summed E-state index contributed by atoms with van der Waals surface area (Å²) in [7, 11) is 0. The van der Waals surface area contributed by atoms with Gasteiger partial charge in [-0.3, -0.25) is 4.98 Å². The van der Waals surface area contributed by atoms with E-state index in [0.717, 1.165) is 76.7 Å². The number of hydrogen-bond donors (Lipinski definition) is 1. The van der Waals surface area contributed by atoms with Gasteiger partial charge in [0.15, 0.2) is 0 Å². The molecular formula is C26H32N4O. The van der Waals surface area contributed by atoms with Gasteiger partial charge in [0.05, 0.1) is 5.69 Å². The summed E-state index contributed by atoms with van der Waals surface area (Å²) < 4.78 is 5.78. The molecule has 3 heterocycles. The summed E-state index contributed by atoms with van der Waals surface area (Å²) >= 11 is 0. The number of hydrogen-bond acceptors (Lipinski definition) is 5. The van der Waals surface area contributed by atoms with Gasteiger partial charge in [-0.05, 0) is 48.6 Å². The molecule has 3 aromatic rings. The highest BCUT2D eigenvalue weighted by Crippen LogP contribution is 2.28. The van der Waals surface area contributed by atoms with E-state index in [-0.39, 0.29) is 0 Å². The summed E-state index contributed by atoms with van der Waals surface area (Å²) in [6.07, 6.45) is 4.05. The largest absolute Gasteiger partial charge is 0.490 e. The maximum atomic E-state index is 5.78. The number of aryl methyl sites for hydroxylation is 1. The molecule has 0 spiro atoms. The van der Waals surface area contributed by atoms with E-state index in [1.54, 1.807) is 0 Å². The SMILES string of the molecule is Cc1ccc2ccnc(CCN3CCN(CCc4ccc5c(c4)OCCN5)CC3)c2c1. The van der Waals surface area contributed by atoms with Gasteiger partial charge in [0, 0.05) is 69.5 Å². The molecule has 1 fully saturated rings. The Bertz CT molecular complexity index is 1040. The van der Waals surface area contributed by atoms with E-state index in [0.29, 0.717) is 0 Å². The van der Waals surface area contributed by atoms with Crippen molar-refractivity contribution in [3.05, 3.63) is 65.5 Å². The number of nitrogens with one attached hydrogen (secondary N) is 1. The van der Waals surface area contributed by atoms with Crippen molar-refractivity contribution in [1.82, 2.24) is 14.8 Å². The van der Waals surface area contributed by atoms with Crippen molar-refractivity contribution in [3.8, 4) is 5.75 Å². The summed E-state index contributed by atoms with van der Waals surface area (Å²) in [4.78, 5) is 9.87. The summed E-state index contributed by atoms with van der Waals surface area (Å²) in [5.41, 5.74) is 5.02. The van der Waals surface area contributed by atoms with Crippen LogP contribution < -0.4 is 10.1 Å². The average molecular weight is 417 g/mol. The molecule has 1 saturated heterocycles. The van der Waals surface area contributed by atoms with Crippen molar-refractivity contribution >= 4 is 16.5 Å². The first kappa shape index (κ1) is 20.3. The Morgan fingerprint density at radius 2 is 1.74 bits per heavy atom. The number of fused-ring (bicyclic) bond motifs is 2. The second-order valence-corrected chi connectivity index (χ2v) is 8.77. The zero-order valence-corrected chi connectivity index (χ0v) is 18.4. The number of aromatic nitrogens is 1. The molecule has 2 aliphatic rings. The molecule has 0 radical (unpaired) electrons. The van der Waals surface area contributed by atoms with Crippen LogP contribution in [0.15, 0.2) is 48.7 Å². The van der Waals surface area contributed by atoms with Gasteiger partial charge < -0.3 is 19.9 Å². The first-order valence-corrected chi connectivity index (χ1v) is 11.5. The highest BCUT2D eigenvalue weighted by Gasteiger charge is 2.17. The maximum absolute atomic E-state index is 5.78. The van der Waals surface area contributed by atoms with Crippen LogP contribution in [-0.4, -0.2) is 67.2 Å². The van der Waals surface area contributed by atoms with E-state index >= 15 is 0 Å². The molecule has 2 aromatic carbocycles. The lowest BCUT2D eigenvalue weighted by atomic mass is 10.1. The van der Waals surface area contributed by atoms with Crippen molar-refractivity contribution in [2.45, 2.75) is 19.8 Å². The second kappa shape index (κ2) is 9.25. The molecule has 1 aromatic heterocycles. The number of pyridine rings is 1. The Morgan fingerprint density at radius 1 is 0.935 bits per heavy atom. The number of anilines is 1.